The van der Waals surface area contributed by atoms with Crippen molar-refractivity contribution in [1.29, 1.82) is 0 Å². The Bertz CT molecular complexity index is 872. The van der Waals surface area contributed by atoms with Gasteiger partial charge in [0.05, 0.1) is 24.3 Å². The third-order valence-corrected chi connectivity index (χ3v) is 4.12. The first-order valence-corrected chi connectivity index (χ1v) is 7.12. The maximum atomic E-state index is 12.3. The van der Waals surface area contributed by atoms with Gasteiger partial charge < -0.3 is 5.11 Å². The number of nitrogens with zero attached hydrogens (tertiary/aromatic N) is 1. The number of carbonyl (C=O) groups excluding carboxylic acids is 2. The number of carbonyl (C=O) groups is 2. The summed E-state index contributed by atoms with van der Waals surface area (Å²) in [7, 11) is 0. The van der Waals surface area contributed by atoms with Crippen molar-refractivity contribution in [2.45, 2.75) is 0 Å². The number of hydrogen-bond acceptors (Lipinski definition) is 3. The summed E-state index contributed by atoms with van der Waals surface area (Å²) < 4.78 is 0. The molecule has 0 atom stereocenters. The molecule has 2 amide bonds. The van der Waals surface area contributed by atoms with E-state index in [1.54, 1.807) is 12.1 Å². The molecule has 4 heteroatoms. The van der Waals surface area contributed by atoms with Crippen LogP contribution < -0.4 is 0 Å². The van der Waals surface area contributed by atoms with Gasteiger partial charge in [0.2, 0.25) is 0 Å². The van der Waals surface area contributed by atoms with Gasteiger partial charge in [0.15, 0.2) is 0 Å². The number of hydrogen-bond donors (Lipinski definition) is 1. The Labute approximate surface area is 126 Å². The van der Waals surface area contributed by atoms with E-state index < -0.39 is 0 Å². The van der Waals surface area contributed by atoms with Crippen molar-refractivity contribution in [1.82, 2.24) is 4.90 Å². The average Bonchev–Trinajstić information content (AvgIpc) is 2.76. The van der Waals surface area contributed by atoms with Crippen LogP contribution in [0.4, 0.5) is 0 Å². The van der Waals surface area contributed by atoms with Crippen molar-refractivity contribution in [3.8, 4) is 0 Å². The van der Waals surface area contributed by atoms with Gasteiger partial charge in [-0.1, -0.05) is 24.3 Å². The van der Waals surface area contributed by atoms with Crippen molar-refractivity contribution in [3.63, 3.8) is 0 Å². The molecule has 22 heavy (non-hydrogen) atoms. The predicted octanol–water partition coefficient (Wildman–Crippen LogP) is 2.58. The van der Waals surface area contributed by atoms with E-state index in [9.17, 15) is 9.59 Å². The van der Waals surface area contributed by atoms with Crippen LogP contribution in [0, 0.1) is 0 Å². The van der Waals surface area contributed by atoms with Crippen LogP contribution in [0.15, 0.2) is 48.5 Å². The Morgan fingerprint density at radius 1 is 0.773 bits per heavy atom. The first-order valence-electron chi connectivity index (χ1n) is 7.12. The number of rotatable bonds is 2. The van der Waals surface area contributed by atoms with Crippen LogP contribution >= 0.6 is 0 Å². The third-order valence-electron chi connectivity index (χ3n) is 4.12. The molecule has 0 aliphatic carbocycles. The van der Waals surface area contributed by atoms with E-state index in [0.29, 0.717) is 11.1 Å². The standard InChI is InChI=1S/C18H13NO3/c20-6-5-19-17(21)15-9-13-7-11-3-1-2-4-12(11)8-14(13)10-16(15)18(19)22/h1-4,7-10,20H,5-6H2. The largest absolute Gasteiger partial charge is 0.395 e. The molecule has 0 fully saturated rings. The SMILES string of the molecule is O=C1c2cc3cc4ccccc4cc3cc2C(=O)N1CCO. The number of aliphatic hydroxyl groups is 1. The van der Waals surface area contributed by atoms with Gasteiger partial charge >= 0.3 is 0 Å². The Hall–Kier alpha value is -2.72. The maximum Gasteiger partial charge on any atom is 0.261 e. The van der Waals surface area contributed by atoms with E-state index in [-0.39, 0.29) is 25.0 Å². The zero-order valence-corrected chi connectivity index (χ0v) is 11.7. The Balaban J connectivity index is 1.97. The van der Waals surface area contributed by atoms with Crippen LogP contribution in [-0.4, -0.2) is 35.0 Å². The molecular formula is C18H13NO3. The topological polar surface area (TPSA) is 57.6 Å². The zero-order chi connectivity index (χ0) is 15.3. The van der Waals surface area contributed by atoms with Gasteiger partial charge in [-0.15, -0.1) is 0 Å². The fraction of sp³-hybridized carbons (Fsp3) is 0.111. The fourth-order valence-electron chi connectivity index (χ4n) is 3.03. The Kier molecular flexibility index (Phi) is 2.74. The van der Waals surface area contributed by atoms with Gasteiger partial charge in [-0.3, -0.25) is 14.5 Å². The molecule has 1 heterocycles. The van der Waals surface area contributed by atoms with Crippen molar-refractivity contribution in [2.75, 3.05) is 13.2 Å². The lowest BCUT2D eigenvalue weighted by Gasteiger charge is -2.10. The summed E-state index contributed by atoms with van der Waals surface area (Å²) in [6.45, 7) is -0.195. The highest BCUT2D eigenvalue weighted by Crippen LogP contribution is 2.30. The lowest BCUT2D eigenvalue weighted by Crippen LogP contribution is -2.32. The molecule has 1 aliphatic heterocycles. The normalized spacial score (nSPS) is 14.1. The number of amides is 2. The highest BCUT2D eigenvalue weighted by Gasteiger charge is 2.35. The molecular weight excluding hydrogens is 278 g/mol. The first-order chi connectivity index (χ1) is 10.7. The van der Waals surface area contributed by atoms with Crippen LogP contribution in [0.2, 0.25) is 0 Å². The predicted molar refractivity (Wildman–Crippen MR) is 83.9 cm³/mol. The summed E-state index contributed by atoms with van der Waals surface area (Å²) in [4.78, 5) is 25.7. The number of benzene rings is 3. The van der Waals surface area contributed by atoms with Gasteiger partial charge in [0, 0.05) is 0 Å². The molecule has 108 valence electrons. The molecule has 1 aliphatic rings. The van der Waals surface area contributed by atoms with Crippen molar-refractivity contribution in [3.05, 3.63) is 59.7 Å². The minimum atomic E-state index is -0.330. The highest BCUT2D eigenvalue weighted by molar-refractivity contribution is 6.23. The minimum Gasteiger partial charge on any atom is -0.395 e. The molecule has 4 rings (SSSR count). The molecule has 0 unspecified atom stereocenters. The summed E-state index contributed by atoms with van der Waals surface area (Å²) in [6, 6.07) is 15.6. The summed E-state index contributed by atoms with van der Waals surface area (Å²) in [5.74, 6) is -0.659. The lowest BCUT2D eigenvalue weighted by atomic mass is 9.99. The van der Waals surface area contributed by atoms with Crippen molar-refractivity contribution >= 4 is 33.4 Å². The first kappa shape index (κ1) is 13.0. The summed E-state index contributed by atoms with van der Waals surface area (Å²) in [5.41, 5.74) is 0.836. The molecule has 3 aromatic rings. The van der Waals surface area contributed by atoms with E-state index >= 15 is 0 Å². The smallest absolute Gasteiger partial charge is 0.261 e. The molecule has 0 bridgehead atoms. The molecule has 0 saturated heterocycles. The second-order valence-electron chi connectivity index (χ2n) is 5.43. The summed E-state index contributed by atoms with van der Waals surface area (Å²) in [6.07, 6.45) is 0. The molecule has 0 radical (unpaired) electrons. The Morgan fingerprint density at radius 2 is 1.27 bits per heavy atom. The maximum absolute atomic E-state index is 12.3. The van der Waals surface area contributed by atoms with E-state index in [2.05, 4.69) is 0 Å². The van der Waals surface area contributed by atoms with Crippen LogP contribution in [0.1, 0.15) is 20.7 Å². The molecule has 3 aromatic carbocycles. The summed E-state index contributed by atoms with van der Waals surface area (Å²) >= 11 is 0. The average molecular weight is 291 g/mol. The van der Waals surface area contributed by atoms with Crippen molar-refractivity contribution in [2.24, 2.45) is 0 Å². The summed E-state index contributed by atoms with van der Waals surface area (Å²) in [5, 5.41) is 13.1. The van der Waals surface area contributed by atoms with Crippen LogP contribution in [0.5, 0.6) is 0 Å². The van der Waals surface area contributed by atoms with E-state index in [4.69, 9.17) is 5.11 Å². The van der Waals surface area contributed by atoms with Gasteiger partial charge in [-0.25, -0.2) is 0 Å². The Morgan fingerprint density at radius 3 is 1.73 bits per heavy atom. The zero-order valence-electron chi connectivity index (χ0n) is 11.7. The second kappa shape index (κ2) is 4.64. The molecule has 0 spiro atoms. The van der Waals surface area contributed by atoms with Crippen molar-refractivity contribution < 1.29 is 14.7 Å². The number of imide groups is 1. The third kappa shape index (κ3) is 1.74. The highest BCUT2D eigenvalue weighted by atomic mass is 16.3. The fourth-order valence-corrected chi connectivity index (χ4v) is 3.03. The molecule has 0 aromatic heterocycles. The quantitative estimate of drug-likeness (QED) is 0.583. The van der Waals surface area contributed by atoms with E-state index in [0.717, 1.165) is 26.4 Å². The molecule has 1 N–H and O–H groups in total. The van der Waals surface area contributed by atoms with Crippen LogP contribution in [0.3, 0.4) is 0 Å². The van der Waals surface area contributed by atoms with E-state index in [1.807, 2.05) is 36.4 Å². The monoisotopic (exact) mass is 291 g/mol. The van der Waals surface area contributed by atoms with Crippen LogP contribution in [0.25, 0.3) is 21.5 Å². The van der Waals surface area contributed by atoms with Gasteiger partial charge in [0.1, 0.15) is 0 Å². The van der Waals surface area contributed by atoms with Crippen LogP contribution in [-0.2, 0) is 0 Å². The van der Waals surface area contributed by atoms with Gasteiger partial charge in [-0.05, 0) is 45.8 Å². The molecule has 0 saturated carbocycles. The van der Waals surface area contributed by atoms with Gasteiger partial charge in [0.25, 0.3) is 11.8 Å². The lowest BCUT2D eigenvalue weighted by molar-refractivity contribution is 0.0624. The second-order valence-corrected chi connectivity index (χ2v) is 5.43. The number of fused-ring (bicyclic) bond motifs is 3. The minimum absolute atomic E-state index is 0.0324. The number of aliphatic hydroxyl groups excluding tert-OH is 1. The number of β-amino-alcohol motifs (C(OH)–C–C–N with tert-alkyl or cyclic N) is 1. The molecule has 4 nitrogen and oxygen atoms in total. The van der Waals surface area contributed by atoms with Gasteiger partial charge in [-0.2, -0.15) is 0 Å². The van der Waals surface area contributed by atoms with E-state index in [1.165, 1.54) is 0 Å².